The van der Waals surface area contributed by atoms with Crippen LogP contribution in [0.15, 0.2) is 66.9 Å². The number of amides is 1. The Morgan fingerprint density at radius 3 is 2.68 bits per heavy atom. The Labute approximate surface area is 167 Å². The van der Waals surface area contributed by atoms with E-state index in [0.717, 1.165) is 17.1 Å². The lowest BCUT2D eigenvalue weighted by Gasteiger charge is -2.11. The normalized spacial score (nSPS) is 10.8. The molecule has 0 aliphatic carbocycles. The second kappa shape index (κ2) is 7.70. The van der Waals surface area contributed by atoms with Crippen LogP contribution in [0.5, 0.6) is 0 Å². The molecule has 0 spiro atoms. The van der Waals surface area contributed by atoms with Crippen LogP contribution in [0.3, 0.4) is 0 Å². The molecule has 7 heteroatoms. The van der Waals surface area contributed by atoms with Gasteiger partial charge in [0, 0.05) is 18.4 Å². The average Bonchev–Trinajstić information content (AvgIpc) is 3.08. The molecular formula is C21H18ClN5O. The zero-order valence-electron chi connectivity index (χ0n) is 15.2. The Morgan fingerprint density at radius 2 is 1.89 bits per heavy atom. The van der Waals surface area contributed by atoms with E-state index in [0.29, 0.717) is 28.5 Å². The van der Waals surface area contributed by atoms with Crippen molar-refractivity contribution < 1.29 is 4.79 Å². The van der Waals surface area contributed by atoms with Gasteiger partial charge in [-0.05, 0) is 42.8 Å². The monoisotopic (exact) mass is 391 g/mol. The summed E-state index contributed by atoms with van der Waals surface area (Å²) >= 11 is 6.37. The number of nitrogens with zero attached hydrogens (tertiary/aromatic N) is 3. The first kappa shape index (κ1) is 18.0. The molecule has 2 aromatic heterocycles. The van der Waals surface area contributed by atoms with E-state index in [4.69, 9.17) is 11.6 Å². The van der Waals surface area contributed by atoms with Gasteiger partial charge in [0.25, 0.3) is 5.91 Å². The summed E-state index contributed by atoms with van der Waals surface area (Å²) in [4.78, 5) is 12.6. The zero-order valence-corrected chi connectivity index (χ0v) is 15.9. The number of halogens is 1. The van der Waals surface area contributed by atoms with E-state index >= 15 is 0 Å². The van der Waals surface area contributed by atoms with Crippen LogP contribution in [0.25, 0.3) is 5.65 Å². The third kappa shape index (κ3) is 3.82. The number of fused-ring (bicyclic) bond motifs is 1. The van der Waals surface area contributed by atoms with Crippen molar-refractivity contribution in [2.45, 2.75) is 13.5 Å². The highest BCUT2D eigenvalue weighted by atomic mass is 35.5. The van der Waals surface area contributed by atoms with Crippen molar-refractivity contribution in [2.24, 2.45) is 0 Å². The molecule has 4 rings (SSSR count). The van der Waals surface area contributed by atoms with Crippen LogP contribution < -0.4 is 10.6 Å². The van der Waals surface area contributed by atoms with Gasteiger partial charge in [0.15, 0.2) is 5.65 Å². The number of pyridine rings is 1. The zero-order chi connectivity index (χ0) is 19.5. The molecule has 0 saturated heterocycles. The molecule has 0 fully saturated rings. The lowest BCUT2D eigenvalue weighted by molar-refractivity contribution is 0.102. The van der Waals surface area contributed by atoms with Gasteiger partial charge in [0.05, 0.1) is 16.3 Å². The second-order valence-electron chi connectivity index (χ2n) is 6.38. The summed E-state index contributed by atoms with van der Waals surface area (Å²) in [6.45, 7) is 2.51. The number of rotatable bonds is 5. The number of aromatic nitrogens is 3. The predicted molar refractivity (Wildman–Crippen MR) is 111 cm³/mol. The Balaban J connectivity index is 1.46. The molecule has 4 aromatic rings. The van der Waals surface area contributed by atoms with Crippen molar-refractivity contribution in [3.8, 4) is 0 Å². The Hall–Kier alpha value is -3.38. The Kier molecular flexibility index (Phi) is 4.95. The topological polar surface area (TPSA) is 71.3 Å². The number of hydrogen-bond donors (Lipinski definition) is 2. The fourth-order valence-electron chi connectivity index (χ4n) is 2.87. The highest BCUT2D eigenvalue weighted by Crippen LogP contribution is 2.26. The summed E-state index contributed by atoms with van der Waals surface area (Å²) in [5, 5.41) is 14.7. The number of carbonyl (C=O) groups is 1. The lowest BCUT2D eigenvalue weighted by Crippen LogP contribution is -2.13. The van der Waals surface area contributed by atoms with Crippen molar-refractivity contribution in [3.63, 3.8) is 0 Å². The minimum Gasteiger partial charge on any atom is -0.380 e. The summed E-state index contributed by atoms with van der Waals surface area (Å²) in [6, 6.07) is 19.0. The van der Waals surface area contributed by atoms with Gasteiger partial charge >= 0.3 is 0 Å². The number of aryl methyl sites for hydroxylation is 1. The first-order valence-electron chi connectivity index (χ1n) is 8.80. The first-order valence-corrected chi connectivity index (χ1v) is 9.18. The smallest absolute Gasteiger partial charge is 0.257 e. The molecule has 0 aliphatic heterocycles. The SMILES string of the molecule is Cc1nnc2ccc(C(=O)Nc3ccc(NCc4ccccc4)c(Cl)c3)cn12. The largest absolute Gasteiger partial charge is 0.380 e. The molecule has 28 heavy (non-hydrogen) atoms. The quantitative estimate of drug-likeness (QED) is 0.523. The van der Waals surface area contributed by atoms with Gasteiger partial charge in [-0.3, -0.25) is 9.20 Å². The predicted octanol–water partition coefficient (Wildman–Crippen LogP) is 4.56. The second-order valence-corrected chi connectivity index (χ2v) is 6.79. The van der Waals surface area contributed by atoms with Crippen LogP contribution in [-0.2, 0) is 6.54 Å². The molecule has 2 N–H and O–H groups in total. The van der Waals surface area contributed by atoms with E-state index < -0.39 is 0 Å². The third-order valence-corrected chi connectivity index (χ3v) is 4.70. The maximum absolute atomic E-state index is 12.6. The molecule has 0 unspecified atom stereocenters. The lowest BCUT2D eigenvalue weighted by atomic mass is 10.2. The van der Waals surface area contributed by atoms with Gasteiger partial charge in [-0.25, -0.2) is 0 Å². The molecule has 0 aliphatic rings. The van der Waals surface area contributed by atoms with Gasteiger partial charge in [-0.15, -0.1) is 10.2 Å². The van der Waals surface area contributed by atoms with Gasteiger partial charge in [-0.1, -0.05) is 41.9 Å². The number of benzene rings is 2. The van der Waals surface area contributed by atoms with Gasteiger partial charge in [-0.2, -0.15) is 0 Å². The van der Waals surface area contributed by atoms with E-state index in [1.165, 1.54) is 0 Å². The standard InChI is InChI=1S/C21H18ClN5O/c1-14-25-26-20-10-7-16(13-27(14)20)21(28)24-17-8-9-19(18(22)11-17)23-12-15-5-3-2-4-6-15/h2-11,13,23H,12H2,1H3,(H,24,28). The van der Waals surface area contributed by atoms with Crippen LogP contribution in [-0.4, -0.2) is 20.5 Å². The molecule has 0 radical (unpaired) electrons. The number of anilines is 2. The molecule has 2 aromatic carbocycles. The van der Waals surface area contributed by atoms with E-state index in [1.54, 1.807) is 28.8 Å². The molecule has 6 nitrogen and oxygen atoms in total. The minimum absolute atomic E-state index is 0.226. The van der Waals surface area contributed by atoms with Crippen molar-refractivity contribution in [2.75, 3.05) is 10.6 Å². The maximum Gasteiger partial charge on any atom is 0.257 e. The Morgan fingerprint density at radius 1 is 1.07 bits per heavy atom. The van der Waals surface area contributed by atoms with Crippen molar-refractivity contribution in [1.82, 2.24) is 14.6 Å². The van der Waals surface area contributed by atoms with Gasteiger partial charge in [0.2, 0.25) is 0 Å². The number of nitrogens with one attached hydrogen (secondary N) is 2. The van der Waals surface area contributed by atoms with Crippen LogP contribution in [0.2, 0.25) is 5.02 Å². The fraction of sp³-hybridized carbons (Fsp3) is 0.0952. The van der Waals surface area contributed by atoms with Gasteiger partial charge < -0.3 is 10.6 Å². The summed E-state index contributed by atoms with van der Waals surface area (Å²) < 4.78 is 1.78. The van der Waals surface area contributed by atoms with Crippen LogP contribution >= 0.6 is 11.6 Å². The van der Waals surface area contributed by atoms with Crippen LogP contribution in [0, 0.1) is 6.92 Å². The van der Waals surface area contributed by atoms with Crippen molar-refractivity contribution in [3.05, 3.63) is 88.8 Å². The van der Waals surface area contributed by atoms with E-state index in [2.05, 4.69) is 20.8 Å². The molecule has 2 heterocycles. The van der Waals surface area contributed by atoms with Crippen LogP contribution in [0.1, 0.15) is 21.7 Å². The molecular weight excluding hydrogens is 374 g/mol. The first-order chi connectivity index (χ1) is 13.6. The highest BCUT2D eigenvalue weighted by Gasteiger charge is 2.10. The summed E-state index contributed by atoms with van der Waals surface area (Å²) in [7, 11) is 0. The molecule has 1 amide bonds. The minimum atomic E-state index is -0.226. The van der Waals surface area contributed by atoms with E-state index in [9.17, 15) is 4.79 Å². The van der Waals surface area contributed by atoms with Gasteiger partial charge in [0.1, 0.15) is 5.82 Å². The molecule has 0 saturated carbocycles. The third-order valence-electron chi connectivity index (χ3n) is 4.39. The summed E-state index contributed by atoms with van der Waals surface area (Å²) in [5.74, 6) is 0.498. The van der Waals surface area contributed by atoms with Crippen LogP contribution in [0.4, 0.5) is 11.4 Å². The highest BCUT2D eigenvalue weighted by molar-refractivity contribution is 6.33. The summed E-state index contributed by atoms with van der Waals surface area (Å²) in [6.07, 6.45) is 1.72. The maximum atomic E-state index is 12.6. The fourth-order valence-corrected chi connectivity index (χ4v) is 3.12. The molecule has 0 atom stereocenters. The number of carbonyl (C=O) groups excluding carboxylic acids is 1. The Bertz CT molecular complexity index is 1140. The average molecular weight is 392 g/mol. The van der Waals surface area contributed by atoms with Crippen molar-refractivity contribution in [1.29, 1.82) is 0 Å². The molecule has 0 bridgehead atoms. The van der Waals surface area contributed by atoms with E-state index in [1.807, 2.05) is 49.4 Å². The van der Waals surface area contributed by atoms with Crippen molar-refractivity contribution >= 4 is 34.5 Å². The summed E-state index contributed by atoms with van der Waals surface area (Å²) in [5.41, 5.74) is 3.81. The molecule has 140 valence electrons. The number of hydrogen-bond acceptors (Lipinski definition) is 4. The van der Waals surface area contributed by atoms with E-state index in [-0.39, 0.29) is 5.91 Å².